The minimum absolute atomic E-state index is 0.324. The molecule has 0 aromatic heterocycles. The Kier molecular flexibility index (Phi) is 7.27. The van der Waals surface area contributed by atoms with Gasteiger partial charge in [-0.1, -0.05) is 12.1 Å². The van der Waals surface area contributed by atoms with Crippen LogP contribution >= 0.6 is 0 Å². The van der Waals surface area contributed by atoms with Gasteiger partial charge in [0.15, 0.2) is 5.96 Å². The standard InChI is InChI=1S/C23H33N5O2/c1-24-23(25-15-17-6-8-19(9-7-17)27(2)3)26-18-10-11-28(16-18)20-12-21(29-4)14-22(13-20)30-5/h6-9,12-14,18H,10-11,15-16H2,1-5H3,(H2,24,25,26). The number of ether oxygens (including phenoxy) is 2. The molecule has 1 heterocycles. The Balaban J connectivity index is 1.55. The van der Waals surface area contributed by atoms with Crippen molar-refractivity contribution in [3.05, 3.63) is 48.0 Å². The van der Waals surface area contributed by atoms with Gasteiger partial charge in [-0.25, -0.2) is 0 Å². The molecule has 0 bridgehead atoms. The molecule has 2 aromatic rings. The summed E-state index contributed by atoms with van der Waals surface area (Å²) in [6.07, 6.45) is 1.04. The van der Waals surface area contributed by atoms with Crippen LogP contribution in [0.5, 0.6) is 11.5 Å². The largest absolute Gasteiger partial charge is 0.497 e. The van der Waals surface area contributed by atoms with Crippen LogP contribution in [-0.4, -0.2) is 60.5 Å². The van der Waals surface area contributed by atoms with Gasteiger partial charge in [0.05, 0.1) is 14.2 Å². The zero-order valence-corrected chi connectivity index (χ0v) is 18.6. The van der Waals surface area contributed by atoms with Crippen molar-refractivity contribution >= 4 is 17.3 Å². The molecule has 0 spiro atoms. The van der Waals surface area contributed by atoms with E-state index in [9.17, 15) is 0 Å². The highest BCUT2D eigenvalue weighted by atomic mass is 16.5. The molecule has 7 heteroatoms. The van der Waals surface area contributed by atoms with E-state index in [2.05, 4.69) is 61.8 Å². The first-order chi connectivity index (χ1) is 14.5. The Morgan fingerprint density at radius 2 is 1.77 bits per heavy atom. The van der Waals surface area contributed by atoms with Crippen LogP contribution in [0.2, 0.25) is 0 Å². The lowest BCUT2D eigenvalue weighted by Gasteiger charge is -2.21. The molecule has 1 saturated heterocycles. The summed E-state index contributed by atoms with van der Waals surface area (Å²) in [5.74, 6) is 2.43. The second-order valence-corrected chi connectivity index (χ2v) is 7.63. The van der Waals surface area contributed by atoms with Crippen molar-refractivity contribution in [3.8, 4) is 11.5 Å². The van der Waals surface area contributed by atoms with E-state index in [4.69, 9.17) is 9.47 Å². The minimum atomic E-state index is 0.324. The number of hydrogen-bond donors (Lipinski definition) is 2. The highest BCUT2D eigenvalue weighted by Crippen LogP contribution is 2.30. The summed E-state index contributed by atoms with van der Waals surface area (Å²) >= 11 is 0. The average molecular weight is 412 g/mol. The van der Waals surface area contributed by atoms with E-state index in [0.29, 0.717) is 6.04 Å². The molecule has 1 unspecified atom stereocenters. The van der Waals surface area contributed by atoms with Gasteiger partial charge >= 0.3 is 0 Å². The van der Waals surface area contributed by atoms with E-state index >= 15 is 0 Å². The van der Waals surface area contributed by atoms with E-state index in [-0.39, 0.29) is 0 Å². The molecule has 2 aromatic carbocycles. The summed E-state index contributed by atoms with van der Waals surface area (Å²) in [7, 11) is 9.26. The molecule has 0 saturated carbocycles. The lowest BCUT2D eigenvalue weighted by atomic mass is 10.2. The number of nitrogens with zero attached hydrogens (tertiary/aromatic N) is 3. The maximum Gasteiger partial charge on any atom is 0.191 e. The third-order valence-electron chi connectivity index (χ3n) is 5.37. The summed E-state index contributed by atoms with van der Waals surface area (Å²) in [6.45, 7) is 2.60. The molecule has 7 nitrogen and oxygen atoms in total. The number of guanidine groups is 1. The van der Waals surface area contributed by atoms with E-state index in [1.807, 2.05) is 27.2 Å². The van der Waals surface area contributed by atoms with Crippen molar-refractivity contribution < 1.29 is 9.47 Å². The molecule has 162 valence electrons. The van der Waals surface area contributed by atoms with Crippen LogP contribution in [0.3, 0.4) is 0 Å². The first-order valence-corrected chi connectivity index (χ1v) is 10.2. The van der Waals surface area contributed by atoms with Gasteiger partial charge in [0.25, 0.3) is 0 Å². The van der Waals surface area contributed by atoms with Crippen molar-refractivity contribution in [1.82, 2.24) is 10.6 Å². The molecule has 1 atom stereocenters. The minimum Gasteiger partial charge on any atom is -0.497 e. The fourth-order valence-corrected chi connectivity index (χ4v) is 3.57. The number of rotatable bonds is 7. The van der Waals surface area contributed by atoms with Crippen LogP contribution in [0, 0.1) is 0 Å². The highest BCUT2D eigenvalue weighted by molar-refractivity contribution is 5.80. The molecule has 3 rings (SSSR count). The Labute approximate surface area is 179 Å². The van der Waals surface area contributed by atoms with Gasteiger partial charge in [-0.05, 0) is 24.1 Å². The Morgan fingerprint density at radius 1 is 1.10 bits per heavy atom. The summed E-state index contributed by atoms with van der Waals surface area (Å²) in [4.78, 5) is 8.83. The van der Waals surface area contributed by atoms with Crippen molar-refractivity contribution in [2.45, 2.75) is 19.0 Å². The van der Waals surface area contributed by atoms with E-state index < -0.39 is 0 Å². The zero-order valence-electron chi connectivity index (χ0n) is 18.6. The third kappa shape index (κ3) is 5.49. The van der Waals surface area contributed by atoms with Crippen LogP contribution in [0.25, 0.3) is 0 Å². The Bertz CT molecular complexity index is 829. The maximum atomic E-state index is 5.41. The number of nitrogens with one attached hydrogen (secondary N) is 2. The molecular formula is C23H33N5O2. The number of anilines is 2. The number of methoxy groups -OCH3 is 2. The van der Waals surface area contributed by atoms with Gasteiger partial charge in [-0.2, -0.15) is 0 Å². The smallest absolute Gasteiger partial charge is 0.191 e. The maximum absolute atomic E-state index is 5.41. The van der Waals surface area contributed by atoms with Crippen LogP contribution in [0.4, 0.5) is 11.4 Å². The van der Waals surface area contributed by atoms with Gasteiger partial charge in [0.1, 0.15) is 11.5 Å². The molecule has 30 heavy (non-hydrogen) atoms. The quantitative estimate of drug-likeness (QED) is 0.540. The normalized spacial score (nSPS) is 16.4. The first kappa shape index (κ1) is 21.6. The SMILES string of the molecule is CN=C(NCc1ccc(N(C)C)cc1)NC1CCN(c2cc(OC)cc(OC)c2)C1. The van der Waals surface area contributed by atoms with Gasteiger partial charge in [0.2, 0.25) is 0 Å². The second-order valence-electron chi connectivity index (χ2n) is 7.63. The van der Waals surface area contributed by atoms with Crippen LogP contribution < -0.4 is 29.9 Å². The summed E-state index contributed by atoms with van der Waals surface area (Å²) in [5, 5.41) is 6.97. The van der Waals surface area contributed by atoms with E-state index in [1.165, 1.54) is 11.3 Å². The molecule has 1 fully saturated rings. The fraction of sp³-hybridized carbons (Fsp3) is 0.435. The van der Waals surface area contributed by atoms with E-state index in [1.54, 1.807) is 14.2 Å². The average Bonchev–Trinajstić information content (AvgIpc) is 3.25. The third-order valence-corrected chi connectivity index (χ3v) is 5.37. The van der Waals surface area contributed by atoms with Crippen LogP contribution in [-0.2, 0) is 6.54 Å². The molecule has 0 aliphatic carbocycles. The molecule has 2 N–H and O–H groups in total. The first-order valence-electron chi connectivity index (χ1n) is 10.2. The van der Waals surface area contributed by atoms with Gasteiger partial charge in [-0.3, -0.25) is 4.99 Å². The summed E-state index contributed by atoms with van der Waals surface area (Å²) < 4.78 is 10.8. The monoisotopic (exact) mass is 411 g/mol. The number of hydrogen-bond acceptors (Lipinski definition) is 5. The molecule has 1 aliphatic rings. The molecular weight excluding hydrogens is 378 g/mol. The fourth-order valence-electron chi connectivity index (χ4n) is 3.57. The Hall–Kier alpha value is -3.09. The van der Waals surface area contributed by atoms with Gasteiger partial charge in [0, 0.05) is 76.4 Å². The molecule has 0 radical (unpaired) electrons. The highest BCUT2D eigenvalue weighted by Gasteiger charge is 2.24. The summed E-state index contributed by atoms with van der Waals surface area (Å²) in [6, 6.07) is 14.9. The van der Waals surface area contributed by atoms with Gasteiger partial charge in [-0.15, -0.1) is 0 Å². The topological polar surface area (TPSA) is 61.4 Å². The molecule has 0 amide bonds. The van der Waals surface area contributed by atoms with Gasteiger partial charge < -0.3 is 29.9 Å². The van der Waals surface area contributed by atoms with E-state index in [0.717, 1.165) is 49.2 Å². The van der Waals surface area contributed by atoms with Crippen molar-refractivity contribution in [2.75, 3.05) is 58.3 Å². The van der Waals surface area contributed by atoms with Crippen LogP contribution in [0.15, 0.2) is 47.5 Å². The predicted octanol–water partition coefficient (Wildman–Crippen LogP) is 2.71. The van der Waals surface area contributed by atoms with Crippen molar-refractivity contribution in [3.63, 3.8) is 0 Å². The lowest BCUT2D eigenvalue weighted by molar-refractivity contribution is 0.394. The summed E-state index contributed by atoms with van der Waals surface area (Å²) in [5.41, 5.74) is 3.53. The lowest BCUT2D eigenvalue weighted by Crippen LogP contribution is -2.44. The van der Waals surface area contributed by atoms with Crippen molar-refractivity contribution in [1.29, 1.82) is 0 Å². The predicted molar refractivity (Wildman–Crippen MR) is 124 cm³/mol. The Morgan fingerprint density at radius 3 is 2.33 bits per heavy atom. The van der Waals surface area contributed by atoms with Crippen molar-refractivity contribution in [2.24, 2.45) is 4.99 Å². The van der Waals surface area contributed by atoms with Crippen LogP contribution in [0.1, 0.15) is 12.0 Å². The number of benzene rings is 2. The molecule has 1 aliphatic heterocycles. The number of aliphatic imine (C=N–C) groups is 1. The zero-order chi connectivity index (χ0) is 21.5. The second kappa shape index (κ2) is 10.1.